The third-order valence-electron chi connectivity index (χ3n) is 4.89. The molecule has 22 heavy (non-hydrogen) atoms. The lowest BCUT2D eigenvalue weighted by Gasteiger charge is -2.49. The van der Waals surface area contributed by atoms with Gasteiger partial charge in [-0.2, -0.15) is 0 Å². The molecule has 0 aromatic heterocycles. The fourth-order valence-corrected chi connectivity index (χ4v) is 3.57. The maximum atomic E-state index is 13.4. The van der Waals surface area contributed by atoms with Gasteiger partial charge in [0.05, 0.1) is 5.56 Å². The van der Waals surface area contributed by atoms with Crippen LogP contribution < -0.4 is 11.1 Å². The number of nitrogens with zero attached hydrogens (tertiary/aromatic N) is 1. The molecule has 3 fully saturated rings. The standard InChI is InChI=1S/C16H19FN3O2/c1-9-14(10-4-6-20(9)7-5-10)19-16(22)11-2-3-13(17)12(8-11)15(18)21/h2,8-10,14H,4-7H2,1H3,(H2,18,21)(H,19,22)/t9-,14-/m0/s1. The normalized spacial score (nSPS) is 30.1. The zero-order valence-corrected chi connectivity index (χ0v) is 12.4. The molecule has 3 aliphatic rings. The third kappa shape index (κ3) is 2.59. The van der Waals surface area contributed by atoms with Crippen LogP contribution in [0, 0.1) is 17.8 Å². The van der Waals surface area contributed by atoms with Crippen LogP contribution in [-0.4, -0.2) is 41.9 Å². The number of carbonyl (C=O) groups excluding carboxylic acids is 2. The van der Waals surface area contributed by atoms with Gasteiger partial charge < -0.3 is 11.1 Å². The Bertz CT molecular complexity index is 609. The van der Waals surface area contributed by atoms with Crippen LogP contribution in [0.2, 0.25) is 0 Å². The highest BCUT2D eigenvalue weighted by Crippen LogP contribution is 2.32. The fraction of sp³-hybridized carbons (Fsp3) is 0.500. The molecule has 1 aromatic rings. The number of hydrogen-bond donors (Lipinski definition) is 2. The van der Waals surface area contributed by atoms with Crippen molar-refractivity contribution in [3.8, 4) is 0 Å². The minimum atomic E-state index is -0.903. The van der Waals surface area contributed by atoms with Gasteiger partial charge in [-0.05, 0) is 50.9 Å². The first kappa shape index (κ1) is 15.0. The highest BCUT2D eigenvalue weighted by atomic mass is 19.1. The van der Waals surface area contributed by atoms with E-state index in [9.17, 15) is 14.0 Å². The van der Waals surface area contributed by atoms with Gasteiger partial charge in [0, 0.05) is 23.7 Å². The second-order valence-electron chi connectivity index (χ2n) is 6.09. The van der Waals surface area contributed by atoms with Gasteiger partial charge in [-0.25, -0.2) is 4.39 Å². The first-order chi connectivity index (χ1) is 10.5. The van der Waals surface area contributed by atoms with E-state index in [4.69, 9.17) is 5.73 Å². The monoisotopic (exact) mass is 304 g/mol. The molecule has 1 radical (unpaired) electrons. The molecule has 1 aromatic carbocycles. The number of benzene rings is 1. The molecular weight excluding hydrogens is 285 g/mol. The topological polar surface area (TPSA) is 75.4 Å². The molecule has 0 unspecified atom stereocenters. The maximum absolute atomic E-state index is 13.4. The van der Waals surface area contributed by atoms with Crippen LogP contribution in [0.4, 0.5) is 4.39 Å². The van der Waals surface area contributed by atoms with Crippen molar-refractivity contribution in [1.82, 2.24) is 10.2 Å². The van der Waals surface area contributed by atoms with Crippen molar-refractivity contribution in [1.29, 1.82) is 0 Å². The van der Waals surface area contributed by atoms with Crippen LogP contribution in [0.5, 0.6) is 0 Å². The molecule has 0 saturated carbocycles. The lowest BCUT2D eigenvalue weighted by molar-refractivity contribution is 0.0217. The highest BCUT2D eigenvalue weighted by molar-refractivity contribution is 5.99. The Labute approximate surface area is 128 Å². The van der Waals surface area contributed by atoms with Crippen molar-refractivity contribution >= 4 is 11.8 Å². The van der Waals surface area contributed by atoms with Crippen LogP contribution in [0.1, 0.15) is 40.5 Å². The van der Waals surface area contributed by atoms with E-state index in [1.165, 1.54) is 12.1 Å². The molecule has 0 aliphatic carbocycles. The van der Waals surface area contributed by atoms with E-state index in [0.717, 1.165) is 25.9 Å². The zero-order chi connectivity index (χ0) is 15.9. The Hall–Kier alpha value is -1.95. The fourth-order valence-electron chi connectivity index (χ4n) is 3.57. The van der Waals surface area contributed by atoms with Gasteiger partial charge in [0.1, 0.15) is 5.82 Å². The number of nitrogens with one attached hydrogen (secondary N) is 1. The number of nitrogens with two attached hydrogens (primary N) is 1. The molecule has 5 nitrogen and oxygen atoms in total. The van der Waals surface area contributed by atoms with Gasteiger partial charge in [0.15, 0.2) is 0 Å². The summed E-state index contributed by atoms with van der Waals surface area (Å²) in [5, 5.41) is 3.03. The molecule has 3 heterocycles. The van der Waals surface area contributed by atoms with Crippen molar-refractivity contribution in [3.05, 3.63) is 35.1 Å². The molecular formula is C16H19FN3O2. The molecule has 4 rings (SSSR count). The average molecular weight is 304 g/mol. The van der Waals surface area contributed by atoms with E-state index in [0.29, 0.717) is 5.92 Å². The molecule has 0 spiro atoms. The average Bonchev–Trinajstić information content (AvgIpc) is 2.51. The largest absolute Gasteiger partial charge is 0.366 e. The summed E-state index contributed by atoms with van der Waals surface area (Å²) >= 11 is 0. The van der Waals surface area contributed by atoms with Gasteiger partial charge in [0.25, 0.3) is 11.8 Å². The molecule has 117 valence electrons. The lowest BCUT2D eigenvalue weighted by atomic mass is 9.79. The Kier molecular flexibility index (Phi) is 3.87. The number of fused-ring (bicyclic) bond motifs is 3. The quantitative estimate of drug-likeness (QED) is 0.872. The Morgan fingerprint density at radius 2 is 2.09 bits per heavy atom. The van der Waals surface area contributed by atoms with Gasteiger partial charge in [-0.15, -0.1) is 0 Å². The van der Waals surface area contributed by atoms with Crippen molar-refractivity contribution in [2.75, 3.05) is 13.1 Å². The van der Waals surface area contributed by atoms with Gasteiger partial charge in [-0.3, -0.25) is 14.5 Å². The predicted molar refractivity (Wildman–Crippen MR) is 78.8 cm³/mol. The molecule has 3 aliphatic heterocycles. The third-order valence-corrected chi connectivity index (χ3v) is 4.89. The Morgan fingerprint density at radius 3 is 2.68 bits per heavy atom. The number of rotatable bonds is 3. The first-order valence-corrected chi connectivity index (χ1v) is 7.53. The van der Waals surface area contributed by atoms with Crippen molar-refractivity contribution < 1.29 is 14.0 Å². The predicted octanol–water partition coefficient (Wildman–Crippen LogP) is 0.937. The van der Waals surface area contributed by atoms with E-state index < -0.39 is 11.7 Å². The number of halogens is 1. The number of carbonyl (C=O) groups is 2. The van der Waals surface area contributed by atoms with Crippen molar-refractivity contribution in [2.24, 2.45) is 11.7 Å². The van der Waals surface area contributed by atoms with Gasteiger partial charge in [0.2, 0.25) is 0 Å². The molecule has 3 N–H and O–H groups in total. The van der Waals surface area contributed by atoms with Crippen LogP contribution in [0.15, 0.2) is 12.1 Å². The molecule has 6 heteroatoms. The van der Waals surface area contributed by atoms with Crippen molar-refractivity contribution in [2.45, 2.75) is 31.8 Å². The molecule has 2 bridgehead atoms. The molecule has 3 saturated heterocycles. The van der Waals surface area contributed by atoms with Crippen molar-refractivity contribution in [3.63, 3.8) is 0 Å². The summed E-state index contributed by atoms with van der Waals surface area (Å²) in [4.78, 5) is 25.9. The van der Waals surface area contributed by atoms with E-state index in [-0.39, 0.29) is 29.1 Å². The molecule has 2 atom stereocenters. The lowest BCUT2D eigenvalue weighted by Crippen LogP contribution is -2.62. The van der Waals surface area contributed by atoms with E-state index in [1.54, 1.807) is 0 Å². The summed E-state index contributed by atoms with van der Waals surface area (Å²) in [5.74, 6) is -1.58. The van der Waals surface area contributed by atoms with E-state index in [2.05, 4.69) is 23.2 Å². The molecule has 2 amide bonds. The SMILES string of the molecule is C[C@H]1[C@H](NC(=O)c2c[c]c(F)c(C(N)=O)c2)C2CCN1CC2. The van der Waals surface area contributed by atoms with Crippen LogP contribution in [0.25, 0.3) is 0 Å². The summed E-state index contributed by atoms with van der Waals surface area (Å²) in [6.45, 7) is 4.27. The summed E-state index contributed by atoms with van der Waals surface area (Å²) in [7, 11) is 0. The Balaban J connectivity index is 1.77. The second kappa shape index (κ2) is 5.68. The van der Waals surface area contributed by atoms with Crippen LogP contribution in [0.3, 0.4) is 0 Å². The van der Waals surface area contributed by atoms with Crippen LogP contribution in [-0.2, 0) is 0 Å². The minimum absolute atomic E-state index is 0.0806. The zero-order valence-electron chi connectivity index (χ0n) is 12.4. The first-order valence-electron chi connectivity index (χ1n) is 7.53. The number of hydrogen-bond acceptors (Lipinski definition) is 3. The summed E-state index contributed by atoms with van der Waals surface area (Å²) in [6.07, 6.45) is 2.16. The van der Waals surface area contributed by atoms with Gasteiger partial charge >= 0.3 is 0 Å². The van der Waals surface area contributed by atoms with Crippen LogP contribution >= 0.6 is 0 Å². The van der Waals surface area contributed by atoms with E-state index in [1.807, 2.05) is 0 Å². The smallest absolute Gasteiger partial charge is 0.251 e. The highest BCUT2D eigenvalue weighted by Gasteiger charge is 2.40. The van der Waals surface area contributed by atoms with E-state index >= 15 is 0 Å². The van der Waals surface area contributed by atoms with Gasteiger partial charge in [-0.1, -0.05) is 0 Å². The Morgan fingerprint density at radius 1 is 1.41 bits per heavy atom. The number of primary amides is 1. The summed E-state index contributed by atoms with van der Waals surface area (Å²) < 4.78 is 13.4. The number of piperidine rings is 3. The minimum Gasteiger partial charge on any atom is -0.366 e. The second-order valence-corrected chi connectivity index (χ2v) is 6.09. The summed E-state index contributed by atoms with van der Waals surface area (Å²) in [5.41, 5.74) is 5.00. The number of amides is 2. The summed E-state index contributed by atoms with van der Waals surface area (Å²) in [6, 6.07) is 5.09. The maximum Gasteiger partial charge on any atom is 0.251 e.